The molecule has 0 aliphatic heterocycles. The number of guanidine groups is 1. The van der Waals surface area contributed by atoms with E-state index in [4.69, 9.17) is 0 Å². The molecule has 2 fully saturated rings. The Hall–Kier alpha value is -0.900. The topological polar surface area (TPSA) is 87.4 Å². The van der Waals surface area contributed by atoms with Gasteiger partial charge in [0.25, 0.3) is 0 Å². The van der Waals surface area contributed by atoms with Crippen LogP contribution < -0.4 is 10.6 Å². The average molecular weight is 462 g/mol. The maximum Gasteiger partial charge on any atom is 0.191 e. The van der Waals surface area contributed by atoms with Crippen molar-refractivity contribution in [3.05, 3.63) is 11.6 Å². The SMILES string of the molecule is Cc1nnc(CN=C(NCC2(C)CCCCC2O)NC2CC2)n1C.I. The summed E-state index contributed by atoms with van der Waals surface area (Å²) in [6.45, 7) is 5.35. The number of aliphatic hydroxyl groups excluding tert-OH is 1. The lowest BCUT2D eigenvalue weighted by Gasteiger charge is -2.38. The van der Waals surface area contributed by atoms with E-state index >= 15 is 0 Å². The lowest BCUT2D eigenvalue weighted by Crippen LogP contribution is -2.48. The summed E-state index contributed by atoms with van der Waals surface area (Å²) in [6.07, 6.45) is 6.44. The molecule has 3 rings (SSSR count). The minimum Gasteiger partial charge on any atom is -0.392 e. The second-order valence-corrected chi connectivity index (χ2v) is 7.58. The molecule has 8 heteroatoms. The van der Waals surface area contributed by atoms with Gasteiger partial charge in [-0.1, -0.05) is 19.8 Å². The Morgan fingerprint density at radius 2 is 2.08 bits per heavy atom. The van der Waals surface area contributed by atoms with E-state index in [9.17, 15) is 5.11 Å². The summed E-state index contributed by atoms with van der Waals surface area (Å²) in [5, 5.41) is 25.5. The van der Waals surface area contributed by atoms with Crippen molar-refractivity contribution >= 4 is 29.9 Å². The summed E-state index contributed by atoms with van der Waals surface area (Å²) < 4.78 is 1.96. The Morgan fingerprint density at radius 1 is 1.32 bits per heavy atom. The van der Waals surface area contributed by atoms with Crippen LogP contribution in [-0.2, 0) is 13.6 Å². The van der Waals surface area contributed by atoms with Gasteiger partial charge in [0.15, 0.2) is 11.8 Å². The summed E-state index contributed by atoms with van der Waals surface area (Å²) >= 11 is 0. The fourth-order valence-corrected chi connectivity index (χ4v) is 3.19. The number of nitrogens with one attached hydrogen (secondary N) is 2. The third-order valence-corrected chi connectivity index (χ3v) is 5.42. The van der Waals surface area contributed by atoms with E-state index in [1.165, 1.54) is 19.3 Å². The van der Waals surface area contributed by atoms with Crippen LogP contribution in [0.2, 0.25) is 0 Å². The van der Waals surface area contributed by atoms with Crippen LogP contribution >= 0.6 is 24.0 Å². The van der Waals surface area contributed by atoms with Crippen LogP contribution in [0.4, 0.5) is 0 Å². The molecule has 0 saturated heterocycles. The molecule has 0 spiro atoms. The van der Waals surface area contributed by atoms with Crippen molar-refractivity contribution in [2.24, 2.45) is 17.5 Å². The van der Waals surface area contributed by atoms with E-state index in [-0.39, 0.29) is 35.5 Å². The van der Waals surface area contributed by atoms with E-state index in [0.29, 0.717) is 12.6 Å². The van der Waals surface area contributed by atoms with Gasteiger partial charge in [0.1, 0.15) is 12.4 Å². The predicted octanol–water partition coefficient (Wildman–Crippen LogP) is 1.88. The van der Waals surface area contributed by atoms with E-state index in [2.05, 4.69) is 32.7 Å². The molecule has 0 amide bonds. The molecule has 2 saturated carbocycles. The first-order valence-corrected chi connectivity index (χ1v) is 9.06. The van der Waals surface area contributed by atoms with Gasteiger partial charge in [-0.15, -0.1) is 34.2 Å². The number of halogens is 1. The van der Waals surface area contributed by atoms with Crippen LogP contribution in [0.25, 0.3) is 0 Å². The number of hydrogen-bond donors (Lipinski definition) is 3. The third kappa shape index (κ3) is 5.29. The molecule has 1 heterocycles. The Morgan fingerprint density at radius 3 is 2.68 bits per heavy atom. The zero-order chi connectivity index (χ0) is 17.2. The van der Waals surface area contributed by atoms with Gasteiger partial charge in [-0.25, -0.2) is 4.99 Å². The van der Waals surface area contributed by atoms with Gasteiger partial charge >= 0.3 is 0 Å². The fourth-order valence-electron chi connectivity index (χ4n) is 3.19. The fraction of sp³-hybridized carbons (Fsp3) is 0.824. The number of rotatable bonds is 5. The minimum atomic E-state index is -0.234. The number of hydrogen-bond acceptors (Lipinski definition) is 4. The number of aliphatic imine (C=N–C) groups is 1. The van der Waals surface area contributed by atoms with Crippen LogP contribution in [0.5, 0.6) is 0 Å². The molecule has 0 radical (unpaired) electrons. The zero-order valence-corrected chi connectivity index (χ0v) is 17.8. The van der Waals surface area contributed by atoms with Gasteiger partial charge in [-0.3, -0.25) is 0 Å². The molecule has 2 aliphatic carbocycles. The van der Waals surface area contributed by atoms with Gasteiger partial charge in [0.05, 0.1) is 6.10 Å². The van der Waals surface area contributed by atoms with Crippen molar-refractivity contribution < 1.29 is 5.11 Å². The average Bonchev–Trinajstić information content (AvgIpc) is 3.33. The van der Waals surface area contributed by atoms with Crippen LogP contribution in [0.3, 0.4) is 0 Å². The third-order valence-electron chi connectivity index (χ3n) is 5.42. The molecule has 3 N–H and O–H groups in total. The van der Waals surface area contributed by atoms with Crippen LogP contribution in [0, 0.1) is 12.3 Å². The second-order valence-electron chi connectivity index (χ2n) is 7.58. The van der Waals surface area contributed by atoms with Gasteiger partial charge < -0.3 is 20.3 Å². The van der Waals surface area contributed by atoms with Crippen molar-refractivity contribution in [1.82, 2.24) is 25.4 Å². The molecule has 0 bridgehead atoms. The molecule has 7 nitrogen and oxygen atoms in total. The van der Waals surface area contributed by atoms with Crippen LogP contribution in [0.15, 0.2) is 4.99 Å². The largest absolute Gasteiger partial charge is 0.392 e. The summed E-state index contributed by atoms with van der Waals surface area (Å²) in [5.41, 5.74) is -0.0778. The maximum atomic E-state index is 10.4. The molecule has 2 aliphatic rings. The number of aliphatic hydroxyl groups is 1. The number of nitrogens with zero attached hydrogens (tertiary/aromatic N) is 4. The standard InChI is InChI=1S/C17H30N6O.HI/c1-12-21-22-15(23(12)3)10-18-16(20-13-7-8-13)19-11-17(2)9-5-4-6-14(17)24;/h13-14,24H,4-11H2,1-3H3,(H2,18,19,20);1H. The molecule has 1 aromatic heterocycles. The predicted molar refractivity (Wildman–Crippen MR) is 109 cm³/mol. The minimum absolute atomic E-state index is 0. The highest BCUT2D eigenvalue weighted by Crippen LogP contribution is 2.35. The number of aryl methyl sites for hydroxylation is 1. The first-order chi connectivity index (χ1) is 11.5. The van der Waals surface area contributed by atoms with E-state index in [0.717, 1.165) is 43.4 Å². The Bertz CT molecular complexity index is 600. The Kier molecular flexibility index (Phi) is 7.07. The van der Waals surface area contributed by atoms with E-state index < -0.39 is 0 Å². The van der Waals surface area contributed by atoms with Gasteiger partial charge in [-0.05, 0) is 32.6 Å². The summed E-state index contributed by atoms with van der Waals surface area (Å²) in [7, 11) is 1.96. The Balaban J connectivity index is 0.00000225. The van der Waals surface area contributed by atoms with Gasteiger partial charge in [0, 0.05) is 25.0 Å². The van der Waals surface area contributed by atoms with Crippen LogP contribution in [0.1, 0.15) is 57.1 Å². The zero-order valence-electron chi connectivity index (χ0n) is 15.5. The van der Waals surface area contributed by atoms with E-state index in [1.54, 1.807) is 0 Å². The first kappa shape index (κ1) is 20.4. The molecule has 2 unspecified atom stereocenters. The highest BCUT2D eigenvalue weighted by molar-refractivity contribution is 14.0. The van der Waals surface area contributed by atoms with Crippen molar-refractivity contribution in [2.45, 2.75) is 71.1 Å². The van der Waals surface area contributed by atoms with Crippen molar-refractivity contribution in [1.29, 1.82) is 0 Å². The lowest BCUT2D eigenvalue weighted by atomic mass is 9.73. The molecule has 1 aromatic rings. The van der Waals surface area contributed by atoms with Crippen molar-refractivity contribution in [3.63, 3.8) is 0 Å². The smallest absolute Gasteiger partial charge is 0.191 e. The van der Waals surface area contributed by atoms with Crippen molar-refractivity contribution in [3.8, 4) is 0 Å². The molecule has 142 valence electrons. The second kappa shape index (κ2) is 8.66. The summed E-state index contributed by atoms with van der Waals surface area (Å²) in [6, 6.07) is 0.529. The van der Waals surface area contributed by atoms with E-state index in [1.807, 2.05) is 18.5 Å². The molecule has 0 aromatic carbocycles. The number of aromatic nitrogens is 3. The monoisotopic (exact) mass is 462 g/mol. The normalized spacial score (nSPS) is 26.9. The summed E-state index contributed by atoms with van der Waals surface area (Å²) in [5.74, 6) is 2.56. The van der Waals surface area contributed by atoms with Crippen LogP contribution in [-0.4, -0.2) is 44.5 Å². The van der Waals surface area contributed by atoms with Crippen molar-refractivity contribution in [2.75, 3.05) is 6.54 Å². The quantitative estimate of drug-likeness (QED) is 0.354. The molecule has 25 heavy (non-hydrogen) atoms. The highest BCUT2D eigenvalue weighted by Gasteiger charge is 2.35. The molecular weight excluding hydrogens is 431 g/mol. The van der Waals surface area contributed by atoms with Gasteiger partial charge in [0.2, 0.25) is 0 Å². The summed E-state index contributed by atoms with van der Waals surface area (Å²) in [4.78, 5) is 4.68. The highest BCUT2D eigenvalue weighted by atomic mass is 127. The molecule has 2 atom stereocenters. The molecular formula is C17H31IN6O. The first-order valence-electron chi connectivity index (χ1n) is 9.06. The van der Waals surface area contributed by atoms with Gasteiger partial charge in [-0.2, -0.15) is 0 Å². The maximum absolute atomic E-state index is 10.4. The Labute approximate surface area is 167 Å². The lowest BCUT2D eigenvalue weighted by molar-refractivity contribution is 0.00396.